The number of aliphatic hydroxyl groups excluding tert-OH is 1. The molecule has 0 saturated heterocycles. The minimum atomic E-state index is -0.279. The summed E-state index contributed by atoms with van der Waals surface area (Å²) in [6, 6.07) is 0. The van der Waals surface area contributed by atoms with Gasteiger partial charge in [0.1, 0.15) is 4.47 Å². The Morgan fingerprint density at radius 1 is 1.50 bits per heavy atom. The first-order valence-corrected chi connectivity index (χ1v) is 6.09. The van der Waals surface area contributed by atoms with Gasteiger partial charge < -0.3 is 15.4 Å². The number of halogens is 1. The van der Waals surface area contributed by atoms with Gasteiger partial charge in [0.15, 0.2) is 0 Å². The Morgan fingerprint density at radius 2 is 2.33 bits per heavy atom. The molecule has 0 spiro atoms. The zero-order valence-corrected chi connectivity index (χ0v) is 11.0. The first kappa shape index (κ1) is 12.8. The molecule has 2 aromatic rings. The van der Waals surface area contributed by atoms with Gasteiger partial charge in [-0.2, -0.15) is 5.10 Å². The number of hydrogen-bond donors (Lipinski definition) is 3. The number of rotatable bonds is 5. The third-order valence-corrected chi connectivity index (χ3v) is 3.09. The van der Waals surface area contributed by atoms with Crippen LogP contribution in [0.3, 0.4) is 0 Å². The second kappa shape index (κ2) is 5.78. The lowest BCUT2D eigenvalue weighted by atomic mass is 10.4. The van der Waals surface area contributed by atoms with Crippen molar-refractivity contribution in [2.75, 3.05) is 11.9 Å². The van der Waals surface area contributed by atoms with Gasteiger partial charge in [0.05, 0.1) is 43.6 Å². The zero-order chi connectivity index (χ0) is 13.0. The van der Waals surface area contributed by atoms with E-state index in [1.54, 1.807) is 12.5 Å². The van der Waals surface area contributed by atoms with Gasteiger partial charge in [0, 0.05) is 6.20 Å². The maximum Gasteiger partial charge on any atom is 0.283 e. The monoisotopic (exact) mass is 313 g/mol. The van der Waals surface area contributed by atoms with E-state index < -0.39 is 0 Å². The van der Waals surface area contributed by atoms with Gasteiger partial charge >= 0.3 is 0 Å². The topological polar surface area (TPSA) is 95.8 Å². The molecular formula is C10H12BrN5O2. The van der Waals surface area contributed by atoms with Gasteiger partial charge in [0.25, 0.3) is 5.56 Å². The van der Waals surface area contributed by atoms with Crippen LogP contribution in [0.4, 0.5) is 5.69 Å². The van der Waals surface area contributed by atoms with E-state index in [-0.39, 0.29) is 18.7 Å². The van der Waals surface area contributed by atoms with Crippen molar-refractivity contribution >= 4 is 21.6 Å². The number of nitrogens with one attached hydrogen (secondary N) is 2. The summed E-state index contributed by atoms with van der Waals surface area (Å²) in [4.78, 5) is 18.7. The number of nitrogens with zero attached hydrogens (tertiary/aromatic N) is 3. The molecular weight excluding hydrogens is 302 g/mol. The molecule has 0 atom stereocenters. The number of aromatic nitrogens is 4. The highest BCUT2D eigenvalue weighted by molar-refractivity contribution is 9.10. The summed E-state index contributed by atoms with van der Waals surface area (Å²) in [5.41, 5.74) is 1.23. The first-order chi connectivity index (χ1) is 8.72. The van der Waals surface area contributed by atoms with Gasteiger partial charge in [-0.1, -0.05) is 0 Å². The number of anilines is 1. The highest BCUT2D eigenvalue weighted by Gasteiger charge is 2.08. The molecule has 0 amide bonds. The Hall–Kier alpha value is -1.67. The first-order valence-electron chi connectivity index (χ1n) is 5.30. The second-order valence-electron chi connectivity index (χ2n) is 3.55. The molecule has 0 fully saturated rings. The molecule has 2 aromatic heterocycles. The van der Waals surface area contributed by atoms with Crippen LogP contribution in [-0.4, -0.2) is 31.5 Å². The lowest BCUT2D eigenvalue weighted by molar-refractivity contribution is 0.266. The molecule has 0 aliphatic rings. The minimum Gasteiger partial charge on any atom is -0.394 e. The quantitative estimate of drug-likeness (QED) is 0.739. The zero-order valence-electron chi connectivity index (χ0n) is 9.43. The number of imidazole rings is 1. The SMILES string of the molecule is O=c1c(Br)c(NCc2cnc[nH]2)cnn1CCO. The van der Waals surface area contributed by atoms with E-state index in [9.17, 15) is 4.79 Å². The van der Waals surface area contributed by atoms with Crippen molar-refractivity contribution in [3.8, 4) is 0 Å². The van der Waals surface area contributed by atoms with Crippen molar-refractivity contribution < 1.29 is 5.11 Å². The van der Waals surface area contributed by atoms with Crippen molar-refractivity contribution in [1.29, 1.82) is 0 Å². The average Bonchev–Trinajstić information content (AvgIpc) is 2.87. The van der Waals surface area contributed by atoms with E-state index in [4.69, 9.17) is 5.11 Å². The molecule has 0 aromatic carbocycles. The maximum atomic E-state index is 11.8. The Kier molecular flexibility index (Phi) is 4.11. The largest absolute Gasteiger partial charge is 0.394 e. The number of H-pyrrole nitrogens is 1. The van der Waals surface area contributed by atoms with Crippen LogP contribution in [0.5, 0.6) is 0 Å². The van der Waals surface area contributed by atoms with Crippen molar-refractivity contribution in [1.82, 2.24) is 19.7 Å². The van der Waals surface area contributed by atoms with Crippen LogP contribution in [0.25, 0.3) is 0 Å². The molecule has 3 N–H and O–H groups in total. The molecule has 0 aliphatic heterocycles. The van der Waals surface area contributed by atoms with Crippen LogP contribution >= 0.6 is 15.9 Å². The molecule has 0 bridgehead atoms. The third kappa shape index (κ3) is 2.77. The number of hydrogen-bond acceptors (Lipinski definition) is 5. The van der Waals surface area contributed by atoms with E-state index in [0.717, 1.165) is 5.69 Å². The van der Waals surface area contributed by atoms with Crippen LogP contribution in [0, 0.1) is 0 Å². The molecule has 0 unspecified atom stereocenters. The van der Waals surface area contributed by atoms with E-state index in [1.165, 1.54) is 10.9 Å². The van der Waals surface area contributed by atoms with Crippen LogP contribution in [0.15, 0.2) is 28.0 Å². The molecule has 0 radical (unpaired) electrons. The summed E-state index contributed by atoms with van der Waals surface area (Å²) in [5, 5.41) is 15.8. The minimum absolute atomic E-state index is 0.125. The molecule has 96 valence electrons. The highest BCUT2D eigenvalue weighted by atomic mass is 79.9. The van der Waals surface area contributed by atoms with E-state index >= 15 is 0 Å². The maximum absolute atomic E-state index is 11.8. The van der Waals surface area contributed by atoms with Crippen LogP contribution in [0.2, 0.25) is 0 Å². The van der Waals surface area contributed by atoms with E-state index in [2.05, 4.69) is 36.3 Å². The molecule has 8 heteroatoms. The van der Waals surface area contributed by atoms with Gasteiger partial charge in [-0.15, -0.1) is 0 Å². The van der Waals surface area contributed by atoms with E-state index in [1.807, 2.05) is 0 Å². The summed E-state index contributed by atoms with van der Waals surface area (Å²) >= 11 is 3.22. The second-order valence-corrected chi connectivity index (χ2v) is 4.35. The van der Waals surface area contributed by atoms with Crippen molar-refractivity contribution in [3.05, 3.63) is 39.2 Å². The van der Waals surface area contributed by atoms with E-state index in [0.29, 0.717) is 16.7 Å². The molecule has 2 heterocycles. The highest BCUT2D eigenvalue weighted by Crippen LogP contribution is 2.16. The van der Waals surface area contributed by atoms with Gasteiger partial charge in [-0.25, -0.2) is 9.67 Å². The summed E-state index contributed by atoms with van der Waals surface area (Å²) < 4.78 is 1.59. The fraction of sp³-hybridized carbons (Fsp3) is 0.300. The molecule has 0 aliphatic carbocycles. The average molecular weight is 314 g/mol. The fourth-order valence-corrected chi connectivity index (χ4v) is 1.86. The summed E-state index contributed by atoms with van der Waals surface area (Å²) in [5.74, 6) is 0. The number of aromatic amines is 1. The lowest BCUT2D eigenvalue weighted by Crippen LogP contribution is -2.25. The predicted octanol–water partition coefficient (Wildman–Crippen LogP) is 0.333. The molecule has 0 saturated carbocycles. The smallest absolute Gasteiger partial charge is 0.283 e. The lowest BCUT2D eigenvalue weighted by Gasteiger charge is -2.08. The van der Waals surface area contributed by atoms with Crippen LogP contribution in [0.1, 0.15) is 5.69 Å². The normalized spacial score (nSPS) is 10.6. The molecule has 18 heavy (non-hydrogen) atoms. The Balaban J connectivity index is 2.14. The van der Waals surface area contributed by atoms with Crippen LogP contribution in [-0.2, 0) is 13.1 Å². The third-order valence-electron chi connectivity index (χ3n) is 2.32. The van der Waals surface area contributed by atoms with Crippen molar-refractivity contribution in [3.63, 3.8) is 0 Å². The van der Waals surface area contributed by atoms with Gasteiger partial charge in [-0.3, -0.25) is 4.79 Å². The molecule has 2 rings (SSSR count). The Bertz CT molecular complexity index is 566. The standard InChI is InChI=1S/C10H12BrN5O2/c11-9-8(13-4-7-3-12-6-14-7)5-15-16(1-2-17)10(9)18/h3,5-6,13,17H,1-2,4H2,(H,12,14). The summed E-state index contributed by atoms with van der Waals surface area (Å²) in [6.45, 7) is 0.572. The molecule has 7 nitrogen and oxygen atoms in total. The van der Waals surface area contributed by atoms with Gasteiger partial charge in [0.2, 0.25) is 0 Å². The van der Waals surface area contributed by atoms with Crippen molar-refractivity contribution in [2.45, 2.75) is 13.1 Å². The van der Waals surface area contributed by atoms with Crippen LogP contribution < -0.4 is 10.9 Å². The predicted molar refractivity (Wildman–Crippen MR) is 69.2 cm³/mol. The fourth-order valence-electron chi connectivity index (χ4n) is 1.41. The van der Waals surface area contributed by atoms with Gasteiger partial charge in [-0.05, 0) is 15.9 Å². The Labute approximate surface area is 111 Å². The Morgan fingerprint density at radius 3 is 3.00 bits per heavy atom. The summed E-state index contributed by atoms with van der Waals surface area (Å²) in [6.07, 6.45) is 4.82. The number of aliphatic hydroxyl groups is 1. The van der Waals surface area contributed by atoms with Crippen molar-refractivity contribution in [2.24, 2.45) is 0 Å². The summed E-state index contributed by atoms with van der Waals surface area (Å²) in [7, 11) is 0.